The maximum Gasteiger partial charge on any atom is 0.191 e. The van der Waals surface area contributed by atoms with E-state index in [0.717, 1.165) is 24.4 Å². The summed E-state index contributed by atoms with van der Waals surface area (Å²) in [6.07, 6.45) is 5.82. The van der Waals surface area contributed by atoms with Crippen molar-refractivity contribution in [2.24, 2.45) is 0 Å². The third kappa shape index (κ3) is 2.31. The van der Waals surface area contributed by atoms with Gasteiger partial charge >= 0.3 is 0 Å². The predicted molar refractivity (Wildman–Crippen MR) is 61.1 cm³/mol. The van der Waals surface area contributed by atoms with Gasteiger partial charge in [-0.1, -0.05) is 0 Å². The fraction of sp³-hybridized carbons (Fsp3) is 0.455. The van der Waals surface area contributed by atoms with Crippen LogP contribution in [0.4, 0.5) is 0 Å². The minimum atomic E-state index is 0.279. The molecule has 1 unspecified atom stereocenters. The highest BCUT2D eigenvalue weighted by Gasteiger charge is 2.20. The zero-order valence-electron chi connectivity index (χ0n) is 9.45. The number of tetrazole rings is 1. The molecule has 0 amide bonds. The molecule has 0 aliphatic carbocycles. The van der Waals surface area contributed by atoms with E-state index in [0.29, 0.717) is 6.54 Å². The van der Waals surface area contributed by atoms with Gasteiger partial charge in [-0.15, -0.1) is 10.2 Å². The van der Waals surface area contributed by atoms with Crippen molar-refractivity contribution in [2.75, 3.05) is 6.54 Å². The smallest absolute Gasteiger partial charge is 0.191 e. The molecule has 17 heavy (non-hydrogen) atoms. The third-order valence-electron chi connectivity index (χ3n) is 2.91. The summed E-state index contributed by atoms with van der Waals surface area (Å²) in [6, 6.07) is 4.19. The standard InChI is InChI=1S/C11H14N6/c1-2-10(13-5-1)11-14-16-17(15-11)8-9-3-6-12-7-4-9/h3-4,6-7,10,13H,1-2,5,8H2. The summed E-state index contributed by atoms with van der Waals surface area (Å²) < 4.78 is 0. The zero-order valence-corrected chi connectivity index (χ0v) is 9.45. The topological polar surface area (TPSA) is 68.5 Å². The normalized spacial score (nSPS) is 19.6. The van der Waals surface area contributed by atoms with Gasteiger partial charge in [0.25, 0.3) is 0 Å². The highest BCUT2D eigenvalue weighted by Crippen LogP contribution is 2.18. The van der Waals surface area contributed by atoms with E-state index in [2.05, 4.69) is 25.7 Å². The van der Waals surface area contributed by atoms with Crippen molar-refractivity contribution in [3.05, 3.63) is 35.9 Å². The second-order valence-corrected chi connectivity index (χ2v) is 4.18. The van der Waals surface area contributed by atoms with E-state index in [4.69, 9.17) is 0 Å². The van der Waals surface area contributed by atoms with E-state index in [9.17, 15) is 0 Å². The van der Waals surface area contributed by atoms with Gasteiger partial charge in [0, 0.05) is 12.4 Å². The number of hydrogen-bond acceptors (Lipinski definition) is 5. The van der Waals surface area contributed by atoms with Gasteiger partial charge in [-0.05, 0) is 42.3 Å². The maximum atomic E-state index is 4.40. The van der Waals surface area contributed by atoms with Crippen LogP contribution in [0.2, 0.25) is 0 Å². The lowest BCUT2D eigenvalue weighted by molar-refractivity contribution is 0.557. The van der Waals surface area contributed by atoms with Crippen molar-refractivity contribution in [1.29, 1.82) is 0 Å². The molecule has 0 saturated carbocycles. The van der Waals surface area contributed by atoms with E-state index in [1.807, 2.05) is 12.1 Å². The van der Waals surface area contributed by atoms with Crippen LogP contribution in [0, 0.1) is 0 Å². The van der Waals surface area contributed by atoms with Crippen LogP contribution in [0.15, 0.2) is 24.5 Å². The minimum absolute atomic E-state index is 0.279. The number of hydrogen-bond donors (Lipinski definition) is 1. The second kappa shape index (κ2) is 4.58. The van der Waals surface area contributed by atoms with E-state index >= 15 is 0 Å². The fourth-order valence-corrected chi connectivity index (χ4v) is 2.02. The average molecular weight is 230 g/mol. The largest absolute Gasteiger partial charge is 0.307 e. The van der Waals surface area contributed by atoms with Crippen LogP contribution in [-0.4, -0.2) is 31.7 Å². The Labute approximate surface area is 99.1 Å². The molecule has 6 nitrogen and oxygen atoms in total. The summed E-state index contributed by atoms with van der Waals surface area (Å²) in [7, 11) is 0. The Hall–Kier alpha value is -1.82. The molecule has 0 radical (unpaired) electrons. The number of aromatic nitrogens is 5. The molecule has 1 aliphatic heterocycles. The predicted octanol–water partition coefficient (Wildman–Crippen LogP) is 0.541. The molecule has 2 aromatic heterocycles. The lowest BCUT2D eigenvalue weighted by atomic mass is 10.2. The van der Waals surface area contributed by atoms with Gasteiger partial charge in [0.05, 0.1) is 12.6 Å². The Kier molecular flexibility index (Phi) is 2.79. The molecule has 1 atom stereocenters. The van der Waals surface area contributed by atoms with Crippen molar-refractivity contribution in [3.8, 4) is 0 Å². The highest BCUT2D eigenvalue weighted by molar-refractivity contribution is 5.09. The maximum absolute atomic E-state index is 4.40. The Morgan fingerprint density at radius 3 is 3.00 bits per heavy atom. The monoisotopic (exact) mass is 230 g/mol. The van der Waals surface area contributed by atoms with Gasteiger partial charge in [0.15, 0.2) is 5.82 Å². The fourth-order valence-electron chi connectivity index (χ4n) is 2.02. The molecule has 88 valence electrons. The summed E-state index contributed by atoms with van der Waals surface area (Å²) in [5.41, 5.74) is 1.13. The van der Waals surface area contributed by atoms with Crippen molar-refractivity contribution in [3.63, 3.8) is 0 Å². The molecule has 3 heterocycles. The van der Waals surface area contributed by atoms with Gasteiger partial charge in [-0.25, -0.2) is 0 Å². The van der Waals surface area contributed by atoms with Crippen molar-refractivity contribution >= 4 is 0 Å². The molecule has 0 bridgehead atoms. The molecular weight excluding hydrogens is 216 g/mol. The van der Waals surface area contributed by atoms with Crippen LogP contribution in [0.3, 0.4) is 0 Å². The van der Waals surface area contributed by atoms with Gasteiger partial charge in [-0.2, -0.15) is 4.80 Å². The van der Waals surface area contributed by atoms with Gasteiger partial charge in [-0.3, -0.25) is 4.98 Å². The lowest BCUT2D eigenvalue weighted by Gasteiger charge is -2.02. The first-order valence-electron chi connectivity index (χ1n) is 5.82. The van der Waals surface area contributed by atoms with E-state index in [1.165, 1.54) is 6.42 Å². The van der Waals surface area contributed by atoms with Gasteiger partial charge in [0.1, 0.15) is 0 Å². The van der Waals surface area contributed by atoms with Crippen LogP contribution in [-0.2, 0) is 6.54 Å². The molecule has 1 aliphatic rings. The van der Waals surface area contributed by atoms with Crippen molar-refractivity contribution < 1.29 is 0 Å². The summed E-state index contributed by atoms with van der Waals surface area (Å²) in [5.74, 6) is 0.802. The summed E-state index contributed by atoms with van der Waals surface area (Å²) in [4.78, 5) is 5.61. The minimum Gasteiger partial charge on any atom is -0.307 e. The molecule has 1 fully saturated rings. The van der Waals surface area contributed by atoms with E-state index < -0.39 is 0 Å². The summed E-state index contributed by atoms with van der Waals surface area (Å²) in [6.45, 7) is 1.69. The molecule has 0 spiro atoms. The van der Waals surface area contributed by atoms with E-state index in [-0.39, 0.29) is 6.04 Å². The van der Waals surface area contributed by atoms with Crippen LogP contribution in [0.5, 0.6) is 0 Å². The summed E-state index contributed by atoms with van der Waals surface area (Å²) >= 11 is 0. The third-order valence-corrected chi connectivity index (χ3v) is 2.91. The lowest BCUT2D eigenvalue weighted by Crippen LogP contribution is -2.14. The Balaban J connectivity index is 1.72. The number of rotatable bonds is 3. The van der Waals surface area contributed by atoms with Crippen molar-refractivity contribution in [1.82, 2.24) is 30.5 Å². The number of nitrogens with zero attached hydrogens (tertiary/aromatic N) is 5. The molecule has 1 saturated heterocycles. The van der Waals surface area contributed by atoms with Gasteiger partial charge in [0.2, 0.25) is 0 Å². The SMILES string of the molecule is c1cc(Cn2nnc(C3CCCN3)n2)ccn1. The molecule has 6 heteroatoms. The average Bonchev–Trinajstić information content (AvgIpc) is 3.00. The molecule has 0 aromatic carbocycles. The van der Waals surface area contributed by atoms with Crippen LogP contribution in [0.1, 0.15) is 30.3 Å². The second-order valence-electron chi connectivity index (χ2n) is 4.18. The van der Waals surface area contributed by atoms with E-state index in [1.54, 1.807) is 17.2 Å². The van der Waals surface area contributed by atoms with Crippen LogP contribution < -0.4 is 5.32 Å². The first-order valence-corrected chi connectivity index (χ1v) is 5.82. The quantitative estimate of drug-likeness (QED) is 0.833. The first kappa shape index (κ1) is 10.3. The number of nitrogens with one attached hydrogen (secondary N) is 1. The molecule has 3 rings (SSSR count). The van der Waals surface area contributed by atoms with Crippen molar-refractivity contribution in [2.45, 2.75) is 25.4 Å². The Morgan fingerprint density at radius 2 is 2.24 bits per heavy atom. The molecule has 2 aromatic rings. The number of pyridine rings is 1. The Morgan fingerprint density at radius 1 is 1.35 bits per heavy atom. The summed E-state index contributed by atoms with van der Waals surface area (Å²) in [5, 5.41) is 15.9. The van der Waals surface area contributed by atoms with Gasteiger partial charge < -0.3 is 5.32 Å². The molecule has 1 N–H and O–H groups in total. The van der Waals surface area contributed by atoms with Crippen LogP contribution >= 0.6 is 0 Å². The van der Waals surface area contributed by atoms with Crippen LogP contribution in [0.25, 0.3) is 0 Å². The first-order chi connectivity index (χ1) is 8.42. The highest BCUT2D eigenvalue weighted by atomic mass is 15.6. The zero-order chi connectivity index (χ0) is 11.5. The molecular formula is C11H14N6. The Bertz CT molecular complexity index is 474.